The van der Waals surface area contributed by atoms with Gasteiger partial charge in [0.05, 0.1) is 0 Å². The van der Waals surface area contributed by atoms with E-state index in [1.165, 1.54) is 12.8 Å². The van der Waals surface area contributed by atoms with Gasteiger partial charge in [-0.25, -0.2) is 0 Å². The zero-order valence-electron chi connectivity index (χ0n) is 16.2. The second kappa shape index (κ2) is 4.39. The third-order valence-electron chi connectivity index (χ3n) is 10.9. The van der Waals surface area contributed by atoms with E-state index in [2.05, 4.69) is 34.6 Å². The number of hydrogen-bond donors (Lipinski definition) is 0. The maximum atomic E-state index is 2.77. The van der Waals surface area contributed by atoms with E-state index < -0.39 is 0 Å². The molecule has 130 valence electrons. The van der Waals surface area contributed by atoms with Gasteiger partial charge >= 0.3 is 0 Å². The van der Waals surface area contributed by atoms with Crippen LogP contribution < -0.4 is 0 Å². The van der Waals surface area contributed by atoms with Gasteiger partial charge in [-0.15, -0.1) is 0 Å². The fourth-order valence-corrected chi connectivity index (χ4v) is 9.72. The van der Waals surface area contributed by atoms with Gasteiger partial charge in [-0.05, 0) is 103 Å². The van der Waals surface area contributed by atoms with E-state index in [1.807, 2.05) is 0 Å². The van der Waals surface area contributed by atoms with Crippen LogP contribution in [0.2, 0.25) is 0 Å². The Morgan fingerprint density at radius 2 is 1.61 bits per heavy atom. The van der Waals surface area contributed by atoms with Crippen molar-refractivity contribution in [3.05, 3.63) is 0 Å². The van der Waals surface area contributed by atoms with Crippen LogP contribution >= 0.6 is 0 Å². The van der Waals surface area contributed by atoms with Gasteiger partial charge in [0.25, 0.3) is 0 Å². The van der Waals surface area contributed by atoms with Gasteiger partial charge in [-0.3, -0.25) is 0 Å². The van der Waals surface area contributed by atoms with Gasteiger partial charge in [0.1, 0.15) is 0 Å². The summed E-state index contributed by atoms with van der Waals surface area (Å²) in [4.78, 5) is 0. The molecule has 0 N–H and O–H groups in total. The van der Waals surface area contributed by atoms with Crippen LogP contribution in [0.3, 0.4) is 0 Å². The molecule has 9 atom stereocenters. The van der Waals surface area contributed by atoms with E-state index >= 15 is 0 Å². The first-order valence-electron chi connectivity index (χ1n) is 10.8. The molecule has 0 heterocycles. The number of hydrogen-bond acceptors (Lipinski definition) is 0. The minimum atomic E-state index is 0.597. The summed E-state index contributed by atoms with van der Waals surface area (Å²) in [5.41, 5.74) is 1.99. The van der Waals surface area contributed by atoms with Gasteiger partial charge in [-0.2, -0.15) is 0 Å². The lowest BCUT2D eigenvalue weighted by Crippen LogP contribution is -2.61. The second-order valence-electron chi connectivity index (χ2n) is 11.6. The lowest BCUT2D eigenvalue weighted by molar-refractivity contribution is -0.189. The molecule has 0 aromatic heterocycles. The molecule has 0 heteroatoms. The topological polar surface area (TPSA) is 0 Å². The highest BCUT2D eigenvalue weighted by molar-refractivity contribution is 5.20. The predicted octanol–water partition coefficient (Wildman–Crippen LogP) is 6.55. The normalized spacial score (nSPS) is 62.7. The third kappa shape index (κ3) is 1.61. The average Bonchev–Trinajstić information content (AvgIpc) is 2.65. The molecule has 0 aromatic rings. The molecule has 5 aliphatic rings. The van der Waals surface area contributed by atoms with Crippen LogP contribution in [0, 0.1) is 57.7 Å². The van der Waals surface area contributed by atoms with Crippen molar-refractivity contribution in [1.29, 1.82) is 0 Å². The van der Waals surface area contributed by atoms with Crippen molar-refractivity contribution in [2.24, 2.45) is 57.7 Å². The molecule has 0 saturated heterocycles. The molecule has 0 aromatic carbocycles. The Hall–Kier alpha value is 0. The van der Waals surface area contributed by atoms with Crippen LogP contribution in [0.5, 0.6) is 0 Å². The van der Waals surface area contributed by atoms with Crippen molar-refractivity contribution in [3.63, 3.8) is 0 Å². The van der Waals surface area contributed by atoms with Crippen molar-refractivity contribution in [2.75, 3.05) is 0 Å². The Morgan fingerprint density at radius 3 is 2.39 bits per heavy atom. The molecule has 0 radical (unpaired) electrons. The molecule has 0 aliphatic heterocycles. The van der Waals surface area contributed by atoms with Crippen molar-refractivity contribution >= 4 is 0 Å². The van der Waals surface area contributed by atoms with Crippen LogP contribution in [0.4, 0.5) is 0 Å². The summed E-state index contributed by atoms with van der Waals surface area (Å²) >= 11 is 0. The summed E-state index contributed by atoms with van der Waals surface area (Å²) in [5, 5.41) is 0. The maximum Gasteiger partial charge on any atom is -0.0202 e. The number of fused-ring (bicyclic) bond motifs is 1. The van der Waals surface area contributed by atoms with E-state index in [9.17, 15) is 0 Å². The molecular formula is C23H38. The Labute approximate surface area is 144 Å². The lowest BCUT2D eigenvalue weighted by atomic mass is 9.38. The summed E-state index contributed by atoms with van der Waals surface area (Å²) < 4.78 is 0. The zero-order chi connectivity index (χ0) is 16.2. The fraction of sp³-hybridized carbons (Fsp3) is 1.00. The Bertz CT molecular complexity index is 518. The summed E-state index contributed by atoms with van der Waals surface area (Å²) in [6.45, 7) is 13.4. The zero-order valence-corrected chi connectivity index (χ0v) is 16.2. The molecular weight excluding hydrogens is 276 g/mol. The van der Waals surface area contributed by atoms with E-state index in [-0.39, 0.29) is 0 Å². The molecule has 1 spiro atoms. The van der Waals surface area contributed by atoms with Crippen LogP contribution in [-0.2, 0) is 0 Å². The Morgan fingerprint density at radius 1 is 0.870 bits per heavy atom. The fourth-order valence-electron chi connectivity index (χ4n) is 9.72. The smallest absolute Gasteiger partial charge is 0.0202 e. The van der Waals surface area contributed by atoms with Crippen LogP contribution in [0.25, 0.3) is 0 Å². The molecule has 0 amide bonds. The Balaban J connectivity index is 1.77. The number of rotatable bonds is 0. The molecule has 5 saturated carbocycles. The minimum absolute atomic E-state index is 0.597. The van der Waals surface area contributed by atoms with E-state index in [4.69, 9.17) is 0 Å². The maximum absolute atomic E-state index is 2.77. The van der Waals surface area contributed by atoms with Gasteiger partial charge in [0.2, 0.25) is 0 Å². The van der Waals surface area contributed by atoms with Crippen molar-refractivity contribution in [2.45, 2.75) is 86.0 Å². The summed E-state index contributed by atoms with van der Waals surface area (Å²) in [7, 11) is 0. The predicted molar refractivity (Wildman–Crippen MR) is 97.0 cm³/mol. The average molecular weight is 315 g/mol. The molecule has 0 nitrogen and oxygen atoms in total. The van der Waals surface area contributed by atoms with E-state index in [0.29, 0.717) is 10.8 Å². The molecule has 5 aliphatic carbocycles. The third-order valence-corrected chi connectivity index (χ3v) is 10.9. The summed E-state index contributed by atoms with van der Waals surface area (Å²) in [6, 6.07) is 0. The van der Waals surface area contributed by atoms with Gasteiger partial charge in [0.15, 0.2) is 0 Å². The molecule has 23 heavy (non-hydrogen) atoms. The van der Waals surface area contributed by atoms with E-state index in [1.54, 1.807) is 38.5 Å². The van der Waals surface area contributed by atoms with Gasteiger partial charge < -0.3 is 0 Å². The van der Waals surface area contributed by atoms with Gasteiger partial charge in [-0.1, -0.05) is 41.0 Å². The van der Waals surface area contributed by atoms with Crippen LogP contribution in [0.1, 0.15) is 86.0 Å². The molecule has 5 rings (SSSR count). The Kier molecular flexibility index (Phi) is 2.92. The van der Waals surface area contributed by atoms with Crippen molar-refractivity contribution in [1.82, 2.24) is 0 Å². The summed E-state index contributed by atoms with van der Waals surface area (Å²) in [5.74, 6) is 7.23. The van der Waals surface area contributed by atoms with Crippen molar-refractivity contribution < 1.29 is 0 Å². The van der Waals surface area contributed by atoms with Gasteiger partial charge in [0, 0.05) is 0 Å². The summed E-state index contributed by atoms with van der Waals surface area (Å²) in [6.07, 6.45) is 12.5. The SMILES string of the molecule is CC1CCC2CCC3CC4C1C1(CCC(C)(C)C1CC24C)C3C. The molecule has 5 fully saturated rings. The van der Waals surface area contributed by atoms with Crippen LogP contribution in [0.15, 0.2) is 0 Å². The standard InChI is InChI=1S/C23H38/c1-14-6-8-17-9-7-16-12-18-20(14)23(15(16)2)11-10-21(3,4)19(23)13-22(17,18)5/h14-20H,6-13H2,1-5H3. The highest BCUT2D eigenvalue weighted by atomic mass is 14.8. The molecule has 6 bridgehead atoms. The highest BCUT2D eigenvalue weighted by Crippen LogP contribution is 2.78. The first kappa shape index (κ1) is 15.3. The monoisotopic (exact) mass is 314 g/mol. The van der Waals surface area contributed by atoms with E-state index in [0.717, 1.165) is 46.8 Å². The van der Waals surface area contributed by atoms with Crippen LogP contribution in [-0.4, -0.2) is 0 Å². The largest absolute Gasteiger partial charge is 0.0622 e. The second-order valence-corrected chi connectivity index (χ2v) is 11.6. The molecule has 9 unspecified atom stereocenters. The lowest BCUT2D eigenvalue weighted by Gasteiger charge is -2.67. The first-order chi connectivity index (χ1) is 10.8. The first-order valence-corrected chi connectivity index (χ1v) is 10.8. The van der Waals surface area contributed by atoms with Crippen molar-refractivity contribution in [3.8, 4) is 0 Å². The quantitative estimate of drug-likeness (QED) is 0.475. The highest BCUT2D eigenvalue weighted by Gasteiger charge is 2.71. The minimum Gasteiger partial charge on any atom is -0.0622 e.